The molecule has 41 heavy (non-hydrogen) atoms. The number of fused-ring (bicyclic) bond motifs is 5. The third-order valence-corrected chi connectivity index (χ3v) is 12.0. The van der Waals surface area contributed by atoms with E-state index in [1.807, 2.05) is 0 Å². The second-order valence-electron chi connectivity index (χ2n) is 11.6. The normalized spacial score (nSPS) is 24.5. The zero-order valence-corrected chi connectivity index (χ0v) is 24.0. The molecule has 5 aromatic rings. The van der Waals surface area contributed by atoms with E-state index in [0.29, 0.717) is 18.0 Å². The minimum absolute atomic E-state index is 0.107. The lowest BCUT2D eigenvalue weighted by Gasteiger charge is -2.39. The van der Waals surface area contributed by atoms with Gasteiger partial charge in [0.1, 0.15) is 11.8 Å². The first kappa shape index (κ1) is 25.2. The zero-order chi connectivity index (χ0) is 27.2. The summed E-state index contributed by atoms with van der Waals surface area (Å²) in [5.41, 5.74) is 3.34. The molecule has 2 aliphatic heterocycles. The summed E-state index contributed by atoms with van der Waals surface area (Å²) >= 11 is 0. The molecule has 4 atom stereocenters. The van der Waals surface area contributed by atoms with Crippen molar-refractivity contribution in [3.63, 3.8) is 0 Å². The third kappa shape index (κ3) is 4.04. The molecule has 1 aliphatic carbocycles. The van der Waals surface area contributed by atoms with Crippen LogP contribution in [-0.2, 0) is 10.3 Å². The number of hydrogen-bond donors (Lipinski definition) is 0. The van der Waals surface area contributed by atoms with Crippen molar-refractivity contribution in [1.82, 2.24) is 4.90 Å². The summed E-state index contributed by atoms with van der Waals surface area (Å²) in [5.74, 6) is 0.627. The van der Waals surface area contributed by atoms with Crippen LogP contribution in [0.3, 0.4) is 0 Å². The first-order valence-corrected chi connectivity index (χ1v) is 16.2. The van der Waals surface area contributed by atoms with Crippen LogP contribution in [0.2, 0.25) is 0 Å². The van der Waals surface area contributed by atoms with Crippen molar-refractivity contribution < 1.29 is 4.74 Å². The van der Waals surface area contributed by atoms with E-state index >= 15 is 0 Å². The maximum Gasteiger partial charge on any atom is 0.139 e. The molecule has 8 rings (SSSR count). The first-order chi connectivity index (χ1) is 20.3. The Labute approximate surface area is 244 Å². The van der Waals surface area contributed by atoms with Gasteiger partial charge in [0, 0.05) is 11.6 Å². The van der Waals surface area contributed by atoms with Gasteiger partial charge in [0.2, 0.25) is 0 Å². The lowest BCUT2D eigenvalue weighted by Crippen LogP contribution is -2.47. The van der Waals surface area contributed by atoms with Gasteiger partial charge in [0.05, 0.1) is 6.04 Å². The Balaban J connectivity index is 1.33. The van der Waals surface area contributed by atoms with Gasteiger partial charge in [0.15, 0.2) is 0 Å². The van der Waals surface area contributed by atoms with Gasteiger partial charge in [-0.2, -0.15) is 0 Å². The van der Waals surface area contributed by atoms with E-state index in [4.69, 9.17) is 4.74 Å². The highest BCUT2D eigenvalue weighted by Crippen LogP contribution is 2.61. The smallest absolute Gasteiger partial charge is 0.139 e. The summed E-state index contributed by atoms with van der Waals surface area (Å²) in [4.78, 5) is 2.79. The molecule has 2 heterocycles. The maximum absolute atomic E-state index is 7.65. The minimum atomic E-state index is -0.754. The lowest BCUT2D eigenvalue weighted by molar-refractivity contribution is -0.0523. The van der Waals surface area contributed by atoms with E-state index in [1.54, 1.807) is 0 Å². The summed E-state index contributed by atoms with van der Waals surface area (Å²) < 4.78 is 7.65. The van der Waals surface area contributed by atoms with Crippen LogP contribution in [0.1, 0.15) is 42.2 Å². The average molecular weight is 552 g/mol. The van der Waals surface area contributed by atoms with Crippen molar-refractivity contribution >= 4 is 23.8 Å². The number of nitrogens with zero attached hydrogens (tertiary/aromatic N) is 1. The molecular weight excluding hydrogens is 517 g/mol. The zero-order valence-electron chi connectivity index (χ0n) is 23.1. The van der Waals surface area contributed by atoms with Crippen LogP contribution in [0, 0.1) is 5.92 Å². The van der Waals surface area contributed by atoms with Crippen LogP contribution in [0.25, 0.3) is 0 Å². The molecule has 2 bridgehead atoms. The van der Waals surface area contributed by atoms with Gasteiger partial charge >= 0.3 is 0 Å². The van der Waals surface area contributed by atoms with Crippen molar-refractivity contribution in [3.8, 4) is 0 Å². The molecule has 0 unspecified atom stereocenters. The average Bonchev–Trinajstić information content (AvgIpc) is 3.77. The Kier molecular flexibility index (Phi) is 6.37. The molecule has 202 valence electrons. The molecule has 5 aromatic carbocycles. The van der Waals surface area contributed by atoms with Crippen LogP contribution in [-0.4, -0.2) is 17.0 Å². The Morgan fingerprint density at radius 1 is 0.585 bits per heavy atom. The topological polar surface area (TPSA) is 12.5 Å². The van der Waals surface area contributed by atoms with Crippen LogP contribution in [0.4, 0.5) is 0 Å². The largest absolute Gasteiger partial charge is 0.341 e. The molecule has 1 saturated carbocycles. The lowest BCUT2D eigenvalue weighted by atomic mass is 9.75. The van der Waals surface area contributed by atoms with Crippen molar-refractivity contribution in [2.75, 3.05) is 0 Å². The van der Waals surface area contributed by atoms with Crippen molar-refractivity contribution in [2.24, 2.45) is 5.92 Å². The second kappa shape index (κ2) is 10.4. The Hall–Kier alpha value is -3.55. The highest BCUT2D eigenvalue weighted by atomic mass is 31.1. The van der Waals surface area contributed by atoms with E-state index in [9.17, 15) is 0 Å². The predicted molar refractivity (Wildman–Crippen MR) is 169 cm³/mol. The van der Waals surface area contributed by atoms with Gasteiger partial charge in [-0.1, -0.05) is 146 Å². The summed E-state index contributed by atoms with van der Waals surface area (Å²) in [5, 5.41) is 4.13. The fraction of sp³-hybridized carbons (Fsp3) is 0.211. The van der Waals surface area contributed by atoms with E-state index in [1.165, 1.54) is 51.9 Å². The Morgan fingerprint density at radius 2 is 1.10 bits per heavy atom. The molecule has 2 saturated heterocycles. The summed E-state index contributed by atoms with van der Waals surface area (Å²) in [7, 11) is -0.754. The van der Waals surface area contributed by atoms with Crippen molar-refractivity contribution in [2.45, 2.75) is 43.2 Å². The quantitative estimate of drug-likeness (QED) is 0.206. The van der Waals surface area contributed by atoms with Gasteiger partial charge in [0.25, 0.3) is 0 Å². The highest BCUT2D eigenvalue weighted by molar-refractivity contribution is 7.79. The number of piperidine rings is 1. The number of rotatable bonds is 6. The second-order valence-corrected chi connectivity index (χ2v) is 13.8. The highest BCUT2D eigenvalue weighted by Gasteiger charge is 2.65. The molecule has 3 aliphatic rings. The van der Waals surface area contributed by atoms with Crippen LogP contribution >= 0.6 is 7.92 Å². The van der Waals surface area contributed by atoms with E-state index < -0.39 is 13.5 Å². The van der Waals surface area contributed by atoms with Crippen LogP contribution in [0.5, 0.6) is 0 Å². The molecule has 0 spiro atoms. The van der Waals surface area contributed by atoms with Gasteiger partial charge in [-0.25, -0.2) is 0 Å². The van der Waals surface area contributed by atoms with E-state index in [0.717, 1.165) is 0 Å². The summed E-state index contributed by atoms with van der Waals surface area (Å²) in [6.07, 6.45) is 3.70. The molecule has 2 nitrogen and oxygen atoms in total. The number of benzene rings is 5. The predicted octanol–water partition coefficient (Wildman–Crippen LogP) is 7.27. The molecule has 0 radical (unpaired) electrons. The molecule has 0 amide bonds. The van der Waals surface area contributed by atoms with Crippen LogP contribution < -0.4 is 15.9 Å². The summed E-state index contributed by atoms with van der Waals surface area (Å²) in [6, 6.07) is 54.2. The summed E-state index contributed by atoms with van der Waals surface area (Å²) in [6.45, 7) is 0. The van der Waals surface area contributed by atoms with E-state index in [2.05, 4.69) is 150 Å². The molecule has 3 fully saturated rings. The maximum atomic E-state index is 7.65. The Morgan fingerprint density at radius 3 is 1.68 bits per heavy atom. The van der Waals surface area contributed by atoms with Crippen molar-refractivity contribution in [1.29, 1.82) is 0 Å². The van der Waals surface area contributed by atoms with Gasteiger partial charge in [-0.15, -0.1) is 0 Å². The van der Waals surface area contributed by atoms with Gasteiger partial charge in [-0.05, 0) is 60.1 Å². The fourth-order valence-corrected chi connectivity index (χ4v) is 10.4. The standard InChI is InChI=1S/C38H34NOP/c1-5-15-29(16-6-1)38(30-17-7-2-8-18-30)36-28-25-26-31(27-28)39(36)37(40-38)34-23-13-14-24-35(34)41(32-19-9-3-10-20-32)33-21-11-4-12-22-33/h1-24,28,31,36-37H,25-27H2/t28-,31+,36-,37-/m0/s1. The van der Waals surface area contributed by atoms with Gasteiger partial charge < -0.3 is 4.74 Å². The Bertz CT molecular complexity index is 1550. The number of ether oxygens (including phenoxy) is 1. The molecular formula is C38H34NOP. The van der Waals surface area contributed by atoms with Gasteiger partial charge in [-0.3, -0.25) is 4.90 Å². The third-order valence-electron chi connectivity index (χ3n) is 9.50. The SMILES string of the molecule is c1ccc(P(c2ccccc2)c2ccccc2[C@@H]2OC(c3ccccc3)(c3ccccc3)[C@@H]3[C@H]4CC[C@H](C4)N32)cc1. The van der Waals surface area contributed by atoms with E-state index in [-0.39, 0.29) is 6.23 Å². The first-order valence-electron chi connectivity index (χ1n) is 14.9. The van der Waals surface area contributed by atoms with Crippen molar-refractivity contribution in [3.05, 3.63) is 162 Å². The molecule has 0 N–H and O–H groups in total. The number of hydrogen-bond acceptors (Lipinski definition) is 2. The molecule has 3 heteroatoms. The fourth-order valence-electron chi connectivity index (χ4n) is 7.93. The molecule has 0 aromatic heterocycles. The monoisotopic (exact) mass is 551 g/mol. The minimum Gasteiger partial charge on any atom is -0.341 e. The van der Waals surface area contributed by atoms with Crippen LogP contribution in [0.15, 0.2) is 146 Å².